The normalized spacial score (nSPS) is 10.6. The third-order valence-corrected chi connectivity index (χ3v) is 4.63. The number of nitrogens with two attached hydrogens (primary N) is 1. The van der Waals surface area contributed by atoms with Crippen LogP contribution in [0.5, 0.6) is 0 Å². The zero-order valence-corrected chi connectivity index (χ0v) is 14.8. The van der Waals surface area contributed by atoms with Crippen molar-refractivity contribution in [3.8, 4) is 0 Å². The summed E-state index contributed by atoms with van der Waals surface area (Å²) in [7, 11) is 0. The molecule has 0 amide bonds. The largest absolute Gasteiger partial charge is 0.389 e. The van der Waals surface area contributed by atoms with E-state index in [0.717, 1.165) is 13.0 Å². The smallest absolute Gasteiger partial charge is 0.161 e. The Morgan fingerprint density at radius 3 is 2.70 bits per heavy atom. The molecule has 0 atom stereocenters. The van der Waals surface area contributed by atoms with Crippen LogP contribution in [0.1, 0.15) is 31.2 Å². The van der Waals surface area contributed by atoms with E-state index in [4.69, 9.17) is 18.0 Å². The Kier molecular flexibility index (Phi) is 8.49. The van der Waals surface area contributed by atoms with Gasteiger partial charge in [0, 0.05) is 12.1 Å². The first-order valence-corrected chi connectivity index (χ1v) is 9.18. The van der Waals surface area contributed by atoms with Gasteiger partial charge in [-0.2, -0.15) is 11.8 Å². The third kappa shape index (κ3) is 5.58. The molecular formula is C14H20BrFN2S2. The Hall–Kier alpha value is -0.330. The molecule has 6 heteroatoms. The van der Waals surface area contributed by atoms with E-state index in [0.29, 0.717) is 15.7 Å². The highest BCUT2D eigenvalue weighted by atomic mass is 79.9. The molecule has 3 N–H and O–H groups in total. The Morgan fingerprint density at radius 1 is 1.35 bits per heavy atom. The number of thiocarbonyl (C=S) groups is 1. The summed E-state index contributed by atoms with van der Waals surface area (Å²) in [5.74, 6) is 0.882. The molecule has 0 unspecified atom stereocenters. The number of anilines is 1. The van der Waals surface area contributed by atoms with Gasteiger partial charge in [-0.3, -0.25) is 0 Å². The molecule has 0 radical (unpaired) electrons. The fourth-order valence-electron chi connectivity index (χ4n) is 1.82. The molecule has 2 nitrogen and oxygen atoms in total. The Morgan fingerprint density at radius 2 is 2.05 bits per heavy atom. The van der Waals surface area contributed by atoms with Crippen LogP contribution in [0.3, 0.4) is 0 Å². The number of nitrogens with one attached hydrogen (secondary N) is 1. The molecule has 0 saturated heterocycles. The summed E-state index contributed by atoms with van der Waals surface area (Å²) in [5.41, 5.74) is 6.54. The van der Waals surface area contributed by atoms with Gasteiger partial charge in [-0.05, 0) is 52.9 Å². The summed E-state index contributed by atoms with van der Waals surface area (Å²) in [6.07, 6.45) is 6.82. The number of hydrogen-bond donors (Lipinski definition) is 2. The van der Waals surface area contributed by atoms with Crippen molar-refractivity contribution < 1.29 is 4.39 Å². The van der Waals surface area contributed by atoms with Crippen LogP contribution in [0, 0.1) is 5.82 Å². The van der Waals surface area contributed by atoms with Gasteiger partial charge >= 0.3 is 0 Å². The van der Waals surface area contributed by atoms with Gasteiger partial charge in [0.2, 0.25) is 0 Å². The molecule has 0 aliphatic rings. The predicted molar refractivity (Wildman–Crippen MR) is 95.3 cm³/mol. The van der Waals surface area contributed by atoms with Gasteiger partial charge in [0.25, 0.3) is 0 Å². The first-order valence-electron chi connectivity index (χ1n) is 6.58. The van der Waals surface area contributed by atoms with Crippen LogP contribution in [0.15, 0.2) is 16.6 Å². The van der Waals surface area contributed by atoms with Gasteiger partial charge in [-0.1, -0.05) is 25.1 Å². The second-order valence-corrected chi connectivity index (χ2v) is 6.71. The maximum absolute atomic E-state index is 14.1. The molecule has 0 heterocycles. The van der Waals surface area contributed by atoms with Crippen LogP contribution in [0.25, 0.3) is 0 Å². The molecule has 1 aromatic carbocycles. The van der Waals surface area contributed by atoms with Crippen molar-refractivity contribution in [2.45, 2.75) is 25.7 Å². The Bertz CT molecular complexity index is 455. The lowest BCUT2D eigenvalue weighted by atomic mass is 10.2. The topological polar surface area (TPSA) is 38.0 Å². The second-order valence-electron chi connectivity index (χ2n) is 4.49. The van der Waals surface area contributed by atoms with E-state index < -0.39 is 0 Å². The summed E-state index contributed by atoms with van der Waals surface area (Å²) in [6, 6.07) is 3.42. The molecule has 0 saturated carbocycles. The van der Waals surface area contributed by atoms with Crippen LogP contribution >= 0.6 is 39.9 Å². The molecule has 20 heavy (non-hydrogen) atoms. The van der Waals surface area contributed by atoms with Crippen LogP contribution in [-0.4, -0.2) is 23.5 Å². The van der Waals surface area contributed by atoms with Crippen molar-refractivity contribution in [3.05, 3.63) is 28.0 Å². The van der Waals surface area contributed by atoms with E-state index in [-0.39, 0.29) is 10.8 Å². The lowest BCUT2D eigenvalue weighted by molar-refractivity contribution is 0.621. The maximum Gasteiger partial charge on any atom is 0.161 e. The highest BCUT2D eigenvalue weighted by Crippen LogP contribution is 2.27. The lowest BCUT2D eigenvalue weighted by Gasteiger charge is -2.11. The fourth-order valence-corrected chi connectivity index (χ4v) is 3.18. The van der Waals surface area contributed by atoms with Crippen LogP contribution in [0.4, 0.5) is 10.1 Å². The minimum atomic E-state index is -0.335. The molecule has 0 aliphatic heterocycles. The fraction of sp³-hybridized carbons (Fsp3) is 0.500. The molecule has 0 aromatic heterocycles. The first kappa shape index (κ1) is 17.7. The van der Waals surface area contributed by atoms with Crippen molar-refractivity contribution in [1.82, 2.24) is 0 Å². The average Bonchev–Trinajstić information content (AvgIpc) is 2.42. The summed E-state index contributed by atoms with van der Waals surface area (Å²) in [5, 5.41) is 3.12. The molecule has 0 fully saturated rings. The average molecular weight is 379 g/mol. The van der Waals surface area contributed by atoms with Crippen molar-refractivity contribution in [3.63, 3.8) is 0 Å². The van der Waals surface area contributed by atoms with Crippen LogP contribution in [-0.2, 0) is 0 Å². The van der Waals surface area contributed by atoms with E-state index >= 15 is 0 Å². The van der Waals surface area contributed by atoms with Gasteiger partial charge in [0.05, 0.1) is 10.2 Å². The van der Waals surface area contributed by atoms with E-state index in [1.54, 1.807) is 12.1 Å². The van der Waals surface area contributed by atoms with Crippen LogP contribution < -0.4 is 11.1 Å². The van der Waals surface area contributed by atoms with Gasteiger partial charge in [-0.15, -0.1) is 0 Å². The highest BCUT2D eigenvalue weighted by molar-refractivity contribution is 9.10. The van der Waals surface area contributed by atoms with E-state index in [2.05, 4.69) is 27.5 Å². The molecule has 0 spiro atoms. The molecule has 1 rings (SSSR count). The summed E-state index contributed by atoms with van der Waals surface area (Å²) in [4.78, 5) is 0.191. The third-order valence-electron chi connectivity index (χ3n) is 2.94. The summed E-state index contributed by atoms with van der Waals surface area (Å²) < 4.78 is 14.4. The minimum absolute atomic E-state index is 0.191. The quantitative estimate of drug-likeness (QED) is 0.487. The zero-order chi connectivity index (χ0) is 15.0. The number of benzene rings is 1. The van der Waals surface area contributed by atoms with E-state index in [9.17, 15) is 4.39 Å². The second kappa shape index (κ2) is 9.58. The highest BCUT2D eigenvalue weighted by Gasteiger charge is 2.12. The minimum Gasteiger partial charge on any atom is -0.389 e. The van der Waals surface area contributed by atoms with Crippen molar-refractivity contribution in [1.29, 1.82) is 0 Å². The molecular weight excluding hydrogens is 359 g/mol. The van der Waals surface area contributed by atoms with Crippen LogP contribution in [0.2, 0.25) is 0 Å². The Labute approximate surface area is 138 Å². The number of thioether (sulfide) groups is 1. The standard InChI is InChI=1S/C14H20BrFN2S2/c1-20-9-5-3-2-4-8-18-11-7-6-10(14(17)19)12(15)13(11)16/h6-7,18H,2-5,8-9H2,1H3,(H2,17,19). The number of halogens is 2. The maximum atomic E-state index is 14.1. The Balaban J connectivity index is 2.41. The summed E-state index contributed by atoms with van der Waals surface area (Å²) in [6.45, 7) is 0.773. The number of unbranched alkanes of at least 4 members (excludes halogenated alkanes) is 3. The monoisotopic (exact) mass is 378 g/mol. The zero-order valence-electron chi connectivity index (χ0n) is 11.5. The molecule has 0 aliphatic carbocycles. The number of hydrogen-bond acceptors (Lipinski definition) is 3. The van der Waals surface area contributed by atoms with E-state index in [1.807, 2.05) is 11.8 Å². The van der Waals surface area contributed by atoms with Crippen molar-refractivity contribution in [2.75, 3.05) is 23.9 Å². The van der Waals surface area contributed by atoms with Gasteiger partial charge in [0.15, 0.2) is 5.82 Å². The molecule has 0 bridgehead atoms. The van der Waals surface area contributed by atoms with Gasteiger partial charge < -0.3 is 11.1 Å². The predicted octanol–water partition coefficient (Wildman–Crippen LogP) is 4.56. The SMILES string of the molecule is CSCCCCCCNc1ccc(C(N)=S)c(Br)c1F. The lowest BCUT2D eigenvalue weighted by Crippen LogP contribution is -2.12. The van der Waals surface area contributed by atoms with E-state index in [1.165, 1.54) is 25.0 Å². The van der Waals surface area contributed by atoms with Crippen molar-refractivity contribution in [2.24, 2.45) is 5.73 Å². The number of rotatable bonds is 9. The molecule has 1 aromatic rings. The van der Waals surface area contributed by atoms with Crippen molar-refractivity contribution >= 4 is 50.6 Å². The van der Waals surface area contributed by atoms with Gasteiger partial charge in [0.1, 0.15) is 4.99 Å². The van der Waals surface area contributed by atoms with Gasteiger partial charge in [-0.25, -0.2) is 4.39 Å². The summed E-state index contributed by atoms with van der Waals surface area (Å²) >= 11 is 9.94. The molecule has 112 valence electrons. The first-order chi connectivity index (χ1) is 9.57.